The predicted molar refractivity (Wildman–Crippen MR) is 86.0 cm³/mol. The second-order valence-corrected chi connectivity index (χ2v) is 5.80. The Balaban J connectivity index is 1.89. The Kier molecular flexibility index (Phi) is 2.68. The van der Waals surface area contributed by atoms with E-state index in [4.69, 9.17) is 0 Å². The van der Waals surface area contributed by atoms with Crippen molar-refractivity contribution in [2.45, 2.75) is 19.8 Å². The number of carbonyl (C=O) groups excluding carboxylic acids is 1. The second kappa shape index (κ2) is 4.56. The molecule has 1 aliphatic rings. The van der Waals surface area contributed by atoms with Gasteiger partial charge in [0.2, 0.25) is 0 Å². The monoisotopic (exact) mass is 272 g/mol. The lowest BCUT2D eigenvalue weighted by atomic mass is 9.94. The SMILES string of the molecule is Cc1ccc(C(=O)c2ccc3cccc4c3c2CC4)cc1. The smallest absolute Gasteiger partial charge is 0.193 e. The van der Waals surface area contributed by atoms with Crippen LogP contribution in [0.2, 0.25) is 0 Å². The Hall–Kier alpha value is -2.41. The fraction of sp³-hybridized carbons (Fsp3) is 0.150. The van der Waals surface area contributed by atoms with Crippen molar-refractivity contribution in [2.75, 3.05) is 0 Å². The molecule has 102 valence electrons. The predicted octanol–water partition coefficient (Wildman–Crippen LogP) is 4.48. The Labute approximate surface area is 124 Å². The van der Waals surface area contributed by atoms with Gasteiger partial charge in [-0.2, -0.15) is 0 Å². The van der Waals surface area contributed by atoms with Gasteiger partial charge in [0.25, 0.3) is 0 Å². The first-order valence-corrected chi connectivity index (χ1v) is 7.39. The molecule has 1 aliphatic carbocycles. The Morgan fingerprint density at radius 2 is 1.71 bits per heavy atom. The van der Waals surface area contributed by atoms with Crippen LogP contribution in [-0.2, 0) is 12.8 Å². The summed E-state index contributed by atoms with van der Waals surface area (Å²) < 4.78 is 0. The molecule has 0 radical (unpaired) electrons. The minimum absolute atomic E-state index is 0.142. The van der Waals surface area contributed by atoms with Gasteiger partial charge in [-0.15, -0.1) is 0 Å². The molecule has 0 heterocycles. The van der Waals surface area contributed by atoms with Crippen molar-refractivity contribution in [1.29, 1.82) is 0 Å². The maximum Gasteiger partial charge on any atom is 0.193 e. The first kappa shape index (κ1) is 12.3. The number of hydrogen-bond acceptors (Lipinski definition) is 1. The van der Waals surface area contributed by atoms with Crippen LogP contribution in [0.3, 0.4) is 0 Å². The van der Waals surface area contributed by atoms with Gasteiger partial charge in [-0.3, -0.25) is 4.79 Å². The molecule has 0 spiro atoms. The van der Waals surface area contributed by atoms with Crippen LogP contribution in [0.1, 0.15) is 32.6 Å². The van der Waals surface area contributed by atoms with E-state index in [0.717, 1.165) is 24.0 Å². The third-order valence-electron chi connectivity index (χ3n) is 4.44. The number of ketones is 1. The van der Waals surface area contributed by atoms with Gasteiger partial charge in [-0.05, 0) is 41.7 Å². The maximum atomic E-state index is 12.8. The lowest BCUT2D eigenvalue weighted by Crippen LogP contribution is -2.04. The molecule has 0 aromatic heterocycles. The van der Waals surface area contributed by atoms with E-state index in [1.165, 1.54) is 27.5 Å². The number of rotatable bonds is 2. The van der Waals surface area contributed by atoms with Crippen LogP contribution in [0.5, 0.6) is 0 Å². The third kappa shape index (κ3) is 1.89. The summed E-state index contributed by atoms with van der Waals surface area (Å²) in [4.78, 5) is 12.8. The molecule has 4 rings (SSSR count). The number of benzene rings is 3. The van der Waals surface area contributed by atoms with E-state index in [0.29, 0.717) is 0 Å². The average molecular weight is 272 g/mol. The minimum atomic E-state index is 0.142. The maximum absolute atomic E-state index is 12.8. The van der Waals surface area contributed by atoms with E-state index in [1.54, 1.807) is 0 Å². The van der Waals surface area contributed by atoms with Crippen molar-refractivity contribution in [3.05, 3.63) is 82.4 Å². The van der Waals surface area contributed by atoms with Gasteiger partial charge < -0.3 is 0 Å². The number of hydrogen-bond donors (Lipinski definition) is 0. The van der Waals surface area contributed by atoms with Crippen molar-refractivity contribution >= 4 is 16.6 Å². The summed E-state index contributed by atoms with van der Waals surface area (Å²) in [6.45, 7) is 2.04. The molecule has 0 fully saturated rings. The molecule has 0 atom stereocenters. The molecule has 0 amide bonds. The molecule has 0 aliphatic heterocycles. The van der Waals surface area contributed by atoms with Crippen LogP contribution in [-0.4, -0.2) is 5.78 Å². The van der Waals surface area contributed by atoms with Crippen molar-refractivity contribution in [3.63, 3.8) is 0 Å². The zero-order chi connectivity index (χ0) is 14.4. The van der Waals surface area contributed by atoms with Crippen molar-refractivity contribution in [2.24, 2.45) is 0 Å². The van der Waals surface area contributed by atoms with Crippen molar-refractivity contribution < 1.29 is 4.79 Å². The molecule has 0 saturated carbocycles. The highest BCUT2D eigenvalue weighted by molar-refractivity contribution is 6.13. The van der Waals surface area contributed by atoms with Crippen LogP contribution in [0.25, 0.3) is 10.8 Å². The molecule has 0 unspecified atom stereocenters. The highest BCUT2D eigenvalue weighted by Crippen LogP contribution is 2.34. The first-order valence-electron chi connectivity index (χ1n) is 7.39. The zero-order valence-corrected chi connectivity index (χ0v) is 12.0. The van der Waals surface area contributed by atoms with Gasteiger partial charge in [0.05, 0.1) is 0 Å². The highest BCUT2D eigenvalue weighted by Gasteiger charge is 2.21. The van der Waals surface area contributed by atoms with Crippen molar-refractivity contribution in [3.8, 4) is 0 Å². The molecule has 0 bridgehead atoms. The van der Waals surface area contributed by atoms with E-state index in [2.05, 4.69) is 24.3 Å². The van der Waals surface area contributed by atoms with Crippen molar-refractivity contribution in [1.82, 2.24) is 0 Å². The van der Waals surface area contributed by atoms with E-state index in [9.17, 15) is 4.79 Å². The second-order valence-electron chi connectivity index (χ2n) is 5.80. The Morgan fingerprint density at radius 1 is 0.905 bits per heavy atom. The number of carbonyl (C=O) groups is 1. The highest BCUT2D eigenvalue weighted by atomic mass is 16.1. The summed E-state index contributed by atoms with van der Waals surface area (Å²) in [6, 6.07) is 18.3. The molecule has 21 heavy (non-hydrogen) atoms. The number of aryl methyl sites for hydroxylation is 3. The summed E-state index contributed by atoms with van der Waals surface area (Å²) in [5, 5.41) is 2.55. The summed E-state index contributed by atoms with van der Waals surface area (Å²) >= 11 is 0. The minimum Gasteiger partial charge on any atom is -0.289 e. The lowest BCUT2D eigenvalue weighted by molar-refractivity contribution is 0.103. The molecular weight excluding hydrogens is 256 g/mol. The molecule has 3 aromatic carbocycles. The van der Waals surface area contributed by atoms with Crippen LogP contribution in [0.4, 0.5) is 0 Å². The van der Waals surface area contributed by atoms with E-state index >= 15 is 0 Å². The standard InChI is InChI=1S/C20H16O/c1-13-5-7-16(8-6-13)20(21)18-12-10-15-4-2-3-14-9-11-17(18)19(14)15/h2-8,10,12H,9,11H2,1H3. The van der Waals surface area contributed by atoms with Gasteiger partial charge in [-0.25, -0.2) is 0 Å². The molecule has 0 N–H and O–H groups in total. The van der Waals surface area contributed by atoms with Gasteiger partial charge >= 0.3 is 0 Å². The summed E-state index contributed by atoms with van der Waals surface area (Å²) in [7, 11) is 0. The van der Waals surface area contributed by atoms with Crippen LogP contribution in [0.15, 0.2) is 54.6 Å². The van der Waals surface area contributed by atoms with Gasteiger partial charge in [0, 0.05) is 11.1 Å². The topological polar surface area (TPSA) is 17.1 Å². The lowest BCUT2D eigenvalue weighted by Gasteiger charge is -2.08. The Bertz CT molecular complexity index is 857. The third-order valence-corrected chi connectivity index (χ3v) is 4.44. The van der Waals surface area contributed by atoms with Crippen LogP contribution < -0.4 is 0 Å². The van der Waals surface area contributed by atoms with Crippen LogP contribution >= 0.6 is 0 Å². The summed E-state index contributed by atoms with van der Waals surface area (Å²) in [5.41, 5.74) is 5.43. The zero-order valence-electron chi connectivity index (χ0n) is 12.0. The summed E-state index contributed by atoms with van der Waals surface area (Å²) in [5.74, 6) is 0.142. The van der Waals surface area contributed by atoms with Gasteiger partial charge in [0.1, 0.15) is 0 Å². The molecule has 1 nitrogen and oxygen atoms in total. The quantitative estimate of drug-likeness (QED) is 0.629. The molecule has 0 saturated heterocycles. The molecular formula is C20H16O. The van der Waals surface area contributed by atoms with Crippen LogP contribution in [0, 0.1) is 6.92 Å². The Morgan fingerprint density at radius 3 is 2.52 bits per heavy atom. The first-order chi connectivity index (χ1) is 10.2. The molecule has 1 heteroatoms. The fourth-order valence-corrected chi connectivity index (χ4v) is 3.34. The normalized spacial score (nSPS) is 12.8. The van der Waals surface area contributed by atoms with E-state index < -0.39 is 0 Å². The molecule has 3 aromatic rings. The summed E-state index contributed by atoms with van der Waals surface area (Å²) in [6.07, 6.45) is 2.02. The van der Waals surface area contributed by atoms with E-state index in [-0.39, 0.29) is 5.78 Å². The van der Waals surface area contributed by atoms with E-state index in [1.807, 2.05) is 37.3 Å². The van der Waals surface area contributed by atoms with Gasteiger partial charge in [-0.1, -0.05) is 60.2 Å². The largest absolute Gasteiger partial charge is 0.289 e. The average Bonchev–Trinajstić information content (AvgIpc) is 2.94. The fourth-order valence-electron chi connectivity index (χ4n) is 3.34. The van der Waals surface area contributed by atoms with Gasteiger partial charge in [0.15, 0.2) is 5.78 Å².